The van der Waals surface area contributed by atoms with Crippen LogP contribution in [0.5, 0.6) is 5.75 Å². The smallest absolute Gasteiger partial charge is 0.374 e. The van der Waals surface area contributed by atoms with Crippen molar-refractivity contribution in [1.82, 2.24) is 5.32 Å². The Morgan fingerprint density at radius 1 is 1.17 bits per heavy atom. The SMILES string of the molecule is CCOC(=O)c1oc2ccccc2c1C1C[C@@H](c2ccc(OC)cc2)[C@@H](C(N)=O)N1. The van der Waals surface area contributed by atoms with Crippen molar-refractivity contribution in [2.24, 2.45) is 5.73 Å². The lowest BCUT2D eigenvalue weighted by Crippen LogP contribution is -2.40. The first-order valence-corrected chi connectivity index (χ1v) is 9.91. The number of para-hydroxylation sites is 1. The van der Waals surface area contributed by atoms with Crippen molar-refractivity contribution >= 4 is 22.8 Å². The van der Waals surface area contributed by atoms with Crippen LogP contribution in [-0.4, -0.2) is 31.6 Å². The van der Waals surface area contributed by atoms with Gasteiger partial charge in [-0.05, 0) is 37.1 Å². The number of nitrogens with two attached hydrogens (primary N) is 1. The van der Waals surface area contributed by atoms with Crippen LogP contribution < -0.4 is 15.8 Å². The van der Waals surface area contributed by atoms with Crippen molar-refractivity contribution < 1.29 is 23.5 Å². The number of benzene rings is 2. The molecule has 2 aromatic carbocycles. The van der Waals surface area contributed by atoms with Gasteiger partial charge in [-0.1, -0.05) is 30.3 Å². The van der Waals surface area contributed by atoms with E-state index < -0.39 is 17.9 Å². The van der Waals surface area contributed by atoms with E-state index in [1.165, 1.54) is 0 Å². The largest absolute Gasteiger partial charge is 0.497 e. The van der Waals surface area contributed by atoms with Crippen molar-refractivity contribution in [3.8, 4) is 5.75 Å². The second kappa shape index (κ2) is 8.20. The molecule has 30 heavy (non-hydrogen) atoms. The minimum Gasteiger partial charge on any atom is -0.497 e. The number of rotatable bonds is 6. The number of hydrogen-bond acceptors (Lipinski definition) is 6. The molecule has 1 aromatic heterocycles. The second-order valence-corrected chi connectivity index (χ2v) is 7.28. The molecule has 7 nitrogen and oxygen atoms in total. The van der Waals surface area contributed by atoms with Gasteiger partial charge in [0.1, 0.15) is 11.3 Å². The van der Waals surface area contributed by atoms with Crippen LogP contribution in [0.2, 0.25) is 0 Å². The summed E-state index contributed by atoms with van der Waals surface area (Å²) in [4.78, 5) is 24.8. The van der Waals surface area contributed by atoms with Gasteiger partial charge >= 0.3 is 5.97 Å². The highest BCUT2D eigenvalue weighted by molar-refractivity contribution is 5.96. The van der Waals surface area contributed by atoms with Gasteiger partial charge in [0.2, 0.25) is 11.7 Å². The van der Waals surface area contributed by atoms with E-state index in [9.17, 15) is 9.59 Å². The molecule has 3 N–H and O–H groups in total. The highest BCUT2D eigenvalue weighted by Crippen LogP contribution is 2.42. The molecule has 0 aliphatic carbocycles. The highest BCUT2D eigenvalue weighted by atomic mass is 16.5. The summed E-state index contributed by atoms with van der Waals surface area (Å²) in [5.41, 5.74) is 7.98. The molecule has 7 heteroatoms. The first-order valence-electron chi connectivity index (χ1n) is 9.91. The molecule has 4 rings (SSSR count). The molecule has 2 heterocycles. The fraction of sp³-hybridized carbons (Fsp3) is 0.304. The normalized spacial score (nSPS) is 20.9. The molecule has 0 saturated carbocycles. The van der Waals surface area contributed by atoms with Gasteiger partial charge in [0, 0.05) is 22.9 Å². The van der Waals surface area contributed by atoms with E-state index in [1.807, 2.05) is 48.5 Å². The molecule has 0 radical (unpaired) electrons. The van der Waals surface area contributed by atoms with Gasteiger partial charge in [0.15, 0.2) is 0 Å². The quantitative estimate of drug-likeness (QED) is 0.607. The Morgan fingerprint density at radius 2 is 1.90 bits per heavy atom. The molecule has 1 fully saturated rings. The molecule has 1 unspecified atom stereocenters. The minimum absolute atomic E-state index is 0.151. The number of ether oxygens (including phenoxy) is 2. The number of nitrogens with one attached hydrogen (secondary N) is 1. The molecule has 1 aliphatic rings. The monoisotopic (exact) mass is 408 g/mol. The van der Waals surface area contributed by atoms with Crippen LogP contribution in [0.1, 0.15) is 47.0 Å². The lowest BCUT2D eigenvalue weighted by molar-refractivity contribution is -0.120. The second-order valence-electron chi connectivity index (χ2n) is 7.28. The van der Waals surface area contributed by atoms with Crippen molar-refractivity contribution in [2.75, 3.05) is 13.7 Å². The lowest BCUT2D eigenvalue weighted by Gasteiger charge is -2.16. The Kier molecular flexibility index (Phi) is 5.46. The van der Waals surface area contributed by atoms with E-state index in [0.717, 1.165) is 16.7 Å². The number of fused-ring (bicyclic) bond motifs is 1. The summed E-state index contributed by atoms with van der Waals surface area (Å²) in [5, 5.41) is 4.14. The summed E-state index contributed by atoms with van der Waals surface area (Å²) in [6, 6.07) is 14.2. The Morgan fingerprint density at radius 3 is 2.57 bits per heavy atom. The zero-order chi connectivity index (χ0) is 21.3. The average Bonchev–Trinajstić information content (AvgIpc) is 3.36. The van der Waals surface area contributed by atoms with Crippen LogP contribution >= 0.6 is 0 Å². The van der Waals surface area contributed by atoms with E-state index in [0.29, 0.717) is 17.6 Å². The molecule has 1 amide bonds. The Balaban J connectivity index is 1.75. The number of primary amides is 1. The number of amides is 1. The molecule has 0 bridgehead atoms. The van der Waals surface area contributed by atoms with Crippen LogP contribution in [-0.2, 0) is 9.53 Å². The van der Waals surface area contributed by atoms with Crippen LogP contribution in [0.3, 0.4) is 0 Å². The highest BCUT2D eigenvalue weighted by Gasteiger charge is 2.41. The molecule has 1 saturated heterocycles. The summed E-state index contributed by atoms with van der Waals surface area (Å²) in [5.74, 6) is -0.212. The fourth-order valence-corrected chi connectivity index (χ4v) is 4.21. The topological polar surface area (TPSA) is 104 Å². The summed E-state index contributed by atoms with van der Waals surface area (Å²) >= 11 is 0. The minimum atomic E-state index is -0.577. The molecule has 3 atom stereocenters. The van der Waals surface area contributed by atoms with Gasteiger partial charge in [-0.2, -0.15) is 0 Å². The zero-order valence-electron chi connectivity index (χ0n) is 16.9. The van der Waals surface area contributed by atoms with E-state index in [-0.39, 0.29) is 24.3 Å². The van der Waals surface area contributed by atoms with Gasteiger partial charge in [-0.25, -0.2) is 4.79 Å². The van der Waals surface area contributed by atoms with Crippen molar-refractivity contribution in [3.63, 3.8) is 0 Å². The Labute approximate surface area is 174 Å². The predicted octanol–water partition coefficient (Wildman–Crippen LogP) is 3.29. The number of esters is 1. The van der Waals surface area contributed by atoms with E-state index >= 15 is 0 Å². The van der Waals surface area contributed by atoms with Crippen LogP contribution in [0, 0.1) is 0 Å². The van der Waals surface area contributed by atoms with Crippen LogP contribution in [0.25, 0.3) is 11.0 Å². The number of furan rings is 1. The number of methoxy groups -OCH3 is 1. The Hall–Kier alpha value is -3.32. The van der Waals surface area contributed by atoms with E-state index in [4.69, 9.17) is 19.6 Å². The Bertz CT molecular complexity index is 1070. The molecular weight excluding hydrogens is 384 g/mol. The third-order valence-corrected chi connectivity index (χ3v) is 5.57. The number of carbonyl (C=O) groups excluding carboxylic acids is 2. The molecular formula is C23H24N2O5. The van der Waals surface area contributed by atoms with Gasteiger partial charge < -0.3 is 19.6 Å². The number of carbonyl (C=O) groups is 2. The third kappa shape index (κ3) is 3.52. The summed E-state index contributed by atoms with van der Waals surface area (Å²) < 4.78 is 16.3. The molecule has 3 aromatic rings. The maximum Gasteiger partial charge on any atom is 0.374 e. The number of hydrogen-bond donors (Lipinski definition) is 2. The van der Waals surface area contributed by atoms with Crippen LogP contribution in [0.15, 0.2) is 52.9 Å². The standard InChI is InChI=1S/C23H24N2O5/c1-3-29-23(27)21-19(15-6-4-5-7-18(15)30-21)17-12-16(20(25-17)22(24)26)13-8-10-14(28-2)11-9-13/h4-11,16-17,20,25H,3,12H2,1-2H3,(H2,24,26)/t16-,17?,20-/m0/s1. The van der Waals surface area contributed by atoms with Crippen molar-refractivity contribution in [2.45, 2.75) is 31.3 Å². The zero-order valence-corrected chi connectivity index (χ0v) is 16.9. The van der Waals surface area contributed by atoms with Crippen molar-refractivity contribution in [3.05, 3.63) is 65.4 Å². The maximum absolute atomic E-state index is 12.6. The van der Waals surface area contributed by atoms with Gasteiger partial charge in [-0.15, -0.1) is 0 Å². The van der Waals surface area contributed by atoms with Crippen molar-refractivity contribution in [1.29, 1.82) is 0 Å². The average molecular weight is 408 g/mol. The van der Waals surface area contributed by atoms with E-state index in [1.54, 1.807) is 14.0 Å². The molecule has 1 aliphatic heterocycles. The lowest BCUT2D eigenvalue weighted by atomic mass is 9.88. The first-order chi connectivity index (χ1) is 14.5. The molecule has 156 valence electrons. The first kappa shape index (κ1) is 20.0. The fourth-order valence-electron chi connectivity index (χ4n) is 4.21. The van der Waals surface area contributed by atoms with Gasteiger partial charge in [0.05, 0.1) is 19.8 Å². The third-order valence-electron chi connectivity index (χ3n) is 5.57. The summed E-state index contributed by atoms with van der Waals surface area (Å²) in [6.45, 7) is 1.99. The van der Waals surface area contributed by atoms with Crippen LogP contribution in [0.4, 0.5) is 0 Å². The molecule has 0 spiro atoms. The van der Waals surface area contributed by atoms with Gasteiger partial charge in [-0.3, -0.25) is 10.1 Å². The summed E-state index contributed by atoms with van der Waals surface area (Å²) in [7, 11) is 1.61. The maximum atomic E-state index is 12.6. The summed E-state index contributed by atoms with van der Waals surface area (Å²) in [6.07, 6.45) is 0.579. The van der Waals surface area contributed by atoms with Gasteiger partial charge in [0.25, 0.3) is 0 Å². The van der Waals surface area contributed by atoms with E-state index in [2.05, 4.69) is 5.32 Å². The predicted molar refractivity (Wildman–Crippen MR) is 111 cm³/mol.